The molecule has 3 rings (SSSR count). The van der Waals surface area contributed by atoms with Gasteiger partial charge in [0.15, 0.2) is 5.76 Å². The first-order chi connectivity index (χ1) is 13.1. The van der Waals surface area contributed by atoms with Crippen LogP contribution in [0.2, 0.25) is 0 Å². The second kappa shape index (κ2) is 8.64. The number of ether oxygens (including phenoxy) is 1. The Morgan fingerprint density at radius 2 is 1.89 bits per heavy atom. The fraction of sp³-hybridized carbons (Fsp3) is 0.273. The fourth-order valence-electron chi connectivity index (χ4n) is 2.93. The van der Waals surface area contributed by atoms with Crippen LogP contribution in [0.15, 0.2) is 59.1 Å². The minimum absolute atomic E-state index is 0.0519. The fourth-order valence-corrected chi connectivity index (χ4v) is 2.93. The second-order valence-electron chi connectivity index (χ2n) is 6.59. The molecule has 3 aromatic rings. The van der Waals surface area contributed by atoms with Gasteiger partial charge in [-0.1, -0.05) is 41.1 Å². The molecule has 0 saturated carbocycles. The number of hydrogen-bond donors (Lipinski definition) is 0. The smallest absolute Gasteiger partial charge is 0.254 e. The molecule has 0 unspecified atom stereocenters. The van der Waals surface area contributed by atoms with E-state index >= 15 is 0 Å². The third-order valence-corrected chi connectivity index (χ3v) is 4.44. The van der Waals surface area contributed by atoms with E-state index in [9.17, 15) is 4.79 Å². The van der Waals surface area contributed by atoms with Crippen molar-refractivity contribution in [3.8, 4) is 11.3 Å². The van der Waals surface area contributed by atoms with Gasteiger partial charge in [0.2, 0.25) is 0 Å². The highest BCUT2D eigenvalue weighted by Crippen LogP contribution is 2.25. The van der Waals surface area contributed by atoms with Crippen LogP contribution in [0.1, 0.15) is 27.2 Å². The number of hydrogen-bond acceptors (Lipinski definition) is 4. The predicted molar refractivity (Wildman–Crippen MR) is 104 cm³/mol. The Kier molecular flexibility index (Phi) is 6.04. The van der Waals surface area contributed by atoms with Crippen molar-refractivity contribution in [2.75, 3.05) is 20.3 Å². The normalized spacial score (nSPS) is 10.8. The average Bonchev–Trinajstić information content (AvgIpc) is 3.15. The summed E-state index contributed by atoms with van der Waals surface area (Å²) >= 11 is 0. The Morgan fingerprint density at radius 3 is 2.63 bits per heavy atom. The summed E-state index contributed by atoms with van der Waals surface area (Å²) in [7, 11) is 1.62. The lowest BCUT2D eigenvalue weighted by Gasteiger charge is -2.21. The van der Waals surface area contributed by atoms with Crippen LogP contribution in [-0.2, 0) is 11.3 Å². The Bertz CT molecular complexity index is 903. The first kappa shape index (κ1) is 18.9. The van der Waals surface area contributed by atoms with E-state index in [1.54, 1.807) is 12.0 Å². The molecule has 5 nitrogen and oxygen atoms in total. The van der Waals surface area contributed by atoms with Gasteiger partial charge >= 0.3 is 0 Å². The number of carbonyl (C=O) groups is 1. The monoisotopic (exact) mass is 364 g/mol. The zero-order chi connectivity index (χ0) is 19.2. The lowest BCUT2D eigenvalue weighted by Crippen LogP contribution is -2.33. The molecule has 1 heterocycles. The number of benzene rings is 2. The maximum atomic E-state index is 12.8. The number of methoxy groups -OCH3 is 1. The minimum atomic E-state index is -0.0519. The maximum Gasteiger partial charge on any atom is 0.254 e. The first-order valence-electron chi connectivity index (χ1n) is 8.95. The zero-order valence-corrected chi connectivity index (χ0v) is 15.9. The molecule has 27 heavy (non-hydrogen) atoms. The van der Waals surface area contributed by atoms with Gasteiger partial charge in [-0.25, -0.2) is 0 Å². The van der Waals surface area contributed by atoms with Crippen molar-refractivity contribution in [3.63, 3.8) is 0 Å². The molecule has 2 aromatic carbocycles. The molecule has 0 atom stereocenters. The van der Waals surface area contributed by atoms with E-state index in [1.165, 1.54) is 0 Å². The number of nitrogens with zero attached hydrogens (tertiary/aromatic N) is 2. The predicted octanol–water partition coefficient (Wildman–Crippen LogP) is 4.25. The van der Waals surface area contributed by atoms with Crippen LogP contribution < -0.4 is 0 Å². The standard InChI is InChI=1S/C22H24N2O3/c1-16-9-10-17(2)20(13-16)21-14-19(23-27-21)15-24(11-12-26-3)22(25)18-7-5-4-6-8-18/h4-10,13-14H,11-12,15H2,1-3H3. The first-order valence-corrected chi connectivity index (χ1v) is 8.95. The van der Waals surface area contributed by atoms with Crippen LogP contribution in [0.3, 0.4) is 0 Å². The van der Waals surface area contributed by atoms with Gasteiger partial charge in [-0.3, -0.25) is 4.79 Å². The molecular formula is C22H24N2O3. The van der Waals surface area contributed by atoms with Crippen LogP contribution >= 0.6 is 0 Å². The summed E-state index contributed by atoms with van der Waals surface area (Å²) in [5.74, 6) is 0.661. The van der Waals surface area contributed by atoms with Gasteiger partial charge in [0, 0.05) is 30.8 Å². The van der Waals surface area contributed by atoms with E-state index in [4.69, 9.17) is 9.26 Å². The summed E-state index contributed by atoms with van der Waals surface area (Å²) < 4.78 is 10.7. The maximum absolute atomic E-state index is 12.8. The molecule has 0 radical (unpaired) electrons. The van der Waals surface area contributed by atoms with Crippen LogP contribution in [0.5, 0.6) is 0 Å². The summed E-state index contributed by atoms with van der Waals surface area (Å²) in [6, 6.07) is 17.4. The van der Waals surface area contributed by atoms with Crippen molar-refractivity contribution in [2.24, 2.45) is 0 Å². The largest absolute Gasteiger partial charge is 0.383 e. The van der Waals surface area contributed by atoms with Gasteiger partial charge in [0.25, 0.3) is 5.91 Å². The molecule has 140 valence electrons. The van der Waals surface area contributed by atoms with Crippen LogP contribution in [0.4, 0.5) is 0 Å². The van der Waals surface area contributed by atoms with E-state index in [1.807, 2.05) is 50.2 Å². The Balaban J connectivity index is 1.81. The summed E-state index contributed by atoms with van der Waals surface area (Å²) in [4.78, 5) is 14.6. The van der Waals surface area contributed by atoms with E-state index in [2.05, 4.69) is 23.4 Å². The molecule has 0 bridgehead atoms. The molecule has 0 aliphatic heterocycles. The van der Waals surface area contributed by atoms with Gasteiger partial charge < -0.3 is 14.2 Å². The average molecular weight is 364 g/mol. The lowest BCUT2D eigenvalue weighted by molar-refractivity contribution is 0.0676. The molecule has 0 aliphatic carbocycles. The topological polar surface area (TPSA) is 55.6 Å². The summed E-state index contributed by atoms with van der Waals surface area (Å²) in [6.07, 6.45) is 0. The molecule has 0 aliphatic rings. The molecule has 0 fully saturated rings. The van der Waals surface area contributed by atoms with Crippen LogP contribution in [-0.4, -0.2) is 36.2 Å². The highest BCUT2D eigenvalue weighted by atomic mass is 16.5. The van der Waals surface area contributed by atoms with Gasteiger partial charge in [-0.2, -0.15) is 0 Å². The highest BCUT2D eigenvalue weighted by Gasteiger charge is 2.18. The highest BCUT2D eigenvalue weighted by molar-refractivity contribution is 5.94. The van der Waals surface area contributed by atoms with E-state index < -0.39 is 0 Å². The summed E-state index contributed by atoms with van der Waals surface area (Å²) in [5.41, 5.74) is 4.67. The van der Waals surface area contributed by atoms with E-state index in [0.717, 1.165) is 16.7 Å². The molecular weight excluding hydrogens is 340 g/mol. The second-order valence-corrected chi connectivity index (χ2v) is 6.59. The van der Waals surface area contributed by atoms with Gasteiger partial charge in [-0.15, -0.1) is 0 Å². The molecule has 1 aromatic heterocycles. The number of aryl methyl sites for hydroxylation is 2. The Hall–Kier alpha value is -2.92. The van der Waals surface area contributed by atoms with Gasteiger partial charge in [0.1, 0.15) is 5.69 Å². The van der Waals surface area contributed by atoms with Crippen molar-refractivity contribution >= 4 is 5.91 Å². The molecule has 1 amide bonds. The SMILES string of the molecule is COCCN(Cc1cc(-c2cc(C)ccc2C)on1)C(=O)c1ccccc1. The Labute approximate surface area is 159 Å². The van der Waals surface area contributed by atoms with E-state index in [-0.39, 0.29) is 5.91 Å². The van der Waals surface area contributed by atoms with Gasteiger partial charge in [-0.05, 0) is 37.6 Å². The van der Waals surface area contributed by atoms with E-state index in [0.29, 0.717) is 36.7 Å². The van der Waals surface area contributed by atoms with Crippen LogP contribution in [0.25, 0.3) is 11.3 Å². The molecule has 0 spiro atoms. The Morgan fingerprint density at radius 1 is 1.11 bits per heavy atom. The lowest BCUT2D eigenvalue weighted by atomic mass is 10.0. The molecule has 0 N–H and O–H groups in total. The minimum Gasteiger partial charge on any atom is -0.383 e. The number of carbonyl (C=O) groups excluding carboxylic acids is 1. The van der Waals surface area contributed by atoms with Gasteiger partial charge in [0.05, 0.1) is 13.2 Å². The number of aromatic nitrogens is 1. The quantitative estimate of drug-likeness (QED) is 0.629. The third-order valence-electron chi connectivity index (χ3n) is 4.44. The van der Waals surface area contributed by atoms with Crippen molar-refractivity contribution in [1.82, 2.24) is 10.1 Å². The van der Waals surface area contributed by atoms with Crippen molar-refractivity contribution < 1.29 is 14.1 Å². The van der Waals surface area contributed by atoms with Crippen molar-refractivity contribution in [1.29, 1.82) is 0 Å². The summed E-state index contributed by atoms with van der Waals surface area (Å²) in [6.45, 7) is 5.40. The van der Waals surface area contributed by atoms with Crippen LogP contribution in [0, 0.1) is 13.8 Å². The summed E-state index contributed by atoms with van der Waals surface area (Å²) in [5, 5.41) is 4.18. The van der Waals surface area contributed by atoms with Crippen molar-refractivity contribution in [3.05, 3.63) is 77.0 Å². The zero-order valence-electron chi connectivity index (χ0n) is 15.9. The van der Waals surface area contributed by atoms with Crippen molar-refractivity contribution in [2.45, 2.75) is 20.4 Å². The molecule has 0 saturated heterocycles. The number of amides is 1. The third kappa shape index (κ3) is 4.63. The number of rotatable bonds is 7. The molecule has 5 heteroatoms.